The Bertz CT molecular complexity index is 952. The number of H-pyrrole nitrogens is 1. The lowest BCUT2D eigenvalue weighted by molar-refractivity contribution is -0.137. The van der Waals surface area contributed by atoms with Gasteiger partial charge in [0.05, 0.1) is 29.6 Å². The number of hydrogen-bond acceptors (Lipinski definition) is 6. The first kappa shape index (κ1) is 20.0. The fraction of sp³-hybridized carbons (Fsp3) is 0.235. The zero-order valence-corrected chi connectivity index (χ0v) is 15.1. The van der Waals surface area contributed by atoms with Crippen molar-refractivity contribution < 1.29 is 23.1 Å². The molecule has 3 aromatic rings. The van der Waals surface area contributed by atoms with E-state index in [0.29, 0.717) is 15.6 Å². The van der Waals surface area contributed by atoms with Crippen molar-refractivity contribution in [1.29, 1.82) is 0 Å². The van der Waals surface area contributed by atoms with Crippen LogP contribution in [0.2, 0.25) is 0 Å². The number of hydrogen-bond donors (Lipinski definition) is 4. The number of alkyl halides is 3. The molecule has 3 rings (SSSR count). The molecule has 0 spiro atoms. The predicted octanol–water partition coefficient (Wildman–Crippen LogP) is 2.47. The van der Waals surface area contributed by atoms with Crippen LogP contribution in [-0.2, 0) is 12.8 Å². The van der Waals surface area contributed by atoms with E-state index < -0.39 is 23.7 Å². The zero-order chi connectivity index (χ0) is 20.3. The van der Waals surface area contributed by atoms with E-state index in [1.807, 2.05) is 0 Å². The van der Waals surface area contributed by atoms with Crippen LogP contribution in [0.5, 0.6) is 0 Å². The normalized spacial score (nSPS) is 12.8. The molecule has 0 saturated heterocycles. The van der Waals surface area contributed by atoms with Crippen molar-refractivity contribution in [2.45, 2.75) is 18.8 Å². The summed E-state index contributed by atoms with van der Waals surface area (Å²) in [5, 5.41) is 12.4. The van der Waals surface area contributed by atoms with Crippen molar-refractivity contribution >= 4 is 17.2 Å². The maximum absolute atomic E-state index is 12.6. The van der Waals surface area contributed by atoms with Crippen molar-refractivity contribution in [3.8, 4) is 11.4 Å². The highest BCUT2D eigenvalue weighted by atomic mass is 32.1. The largest absolute Gasteiger partial charge is 0.417 e. The van der Waals surface area contributed by atoms with E-state index in [-0.39, 0.29) is 24.5 Å². The summed E-state index contributed by atoms with van der Waals surface area (Å²) in [6, 6.07) is 4.73. The number of nitrogens with one attached hydrogen (secondary N) is 2. The molecule has 0 aliphatic heterocycles. The molecule has 1 amide bonds. The van der Waals surface area contributed by atoms with E-state index in [2.05, 4.69) is 20.3 Å². The second-order valence-electron chi connectivity index (χ2n) is 5.79. The van der Waals surface area contributed by atoms with Crippen LogP contribution >= 0.6 is 11.3 Å². The molecule has 0 radical (unpaired) electrons. The third-order valence-electron chi connectivity index (χ3n) is 3.89. The highest BCUT2D eigenvalue weighted by Crippen LogP contribution is 2.29. The van der Waals surface area contributed by atoms with Gasteiger partial charge < -0.3 is 21.1 Å². The van der Waals surface area contributed by atoms with Gasteiger partial charge in [0.1, 0.15) is 10.7 Å². The van der Waals surface area contributed by atoms with Crippen molar-refractivity contribution in [2.75, 3.05) is 6.54 Å². The number of aromatic nitrogens is 3. The van der Waals surface area contributed by atoms with Crippen LogP contribution < -0.4 is 11.1 Å². The van der Waals surface area contributed by atoms with Crippen molar-refractivity contribution in [3.63, 3.8) is 0 Å². The third-order valence-corrected chi connectivity index (χ3v) is 4.98. The molecule has 7 nitrogen and oxygen atoms in total. The minimum atomic E-state index is -4.46. The monoisotopic (exact) mass is 411 g/mol. The Labute approximate surface area is 161 Å². The van der Waals surface area contributed by atoms with Gasteiger partial charge in [0.2, 0.25) is 0 Å². The number of nitrogens with two attached hydrogens (primary N) is 1. The number of nitrogens with zero attached hydrogens (tertiary/aromatic N) is 2. The molecule has 3 aromatic heterocycles. The van der Waals surface area contributed by atoms with Gasteiger partial charge in [0.15, 0.2) is 0 Å². The molecule has 0 bridgehead atoms. The average Bonchev–Trinajstić information content (AvgIpc) is 3.35. The Hall–Kier alpha value is -2.76. The number of aromatic amines is 1. The van der Waals surface area contributed by atoms with Crippen molar-refractivity contribution in [2.24, 2.45) is 5.73 Å². The number of amides is 1. The fourth-order valence-electron chi connectivity index (χ4n) is 2.44. The van der Waals surface area contributed by atoms with Gasteiger partial charge in [-0.25, -0.2) is 4.98 Å². The average molecular weight is 411 g/mol. The van der Waals surface area contributed by atoms with Crippen molar-refractivity contribution in [1.82, 2.24) is 20.3 Å². The lowest BCUT2D eigenvalue weighted by atomic mass is 10.2. The fourth-order valence-corrected chi connectivity index (χ4v) is 3.28. The van der Waals surface area contributed by atoms with Crippen molar-refractivity contribution in [3.05, 3.63) is 57.8 Å². The maximum atomic E-state index is 12.6. The smallest absolute Gasteiger partial charge is 0.389 e. The maximum Gasteiger partial charge on any atom is 0.417 e. The van der Waals surface area contributed by atoms with Crippen LogP contribution in [-0.4, -0.2) is 32.5 Å². The summed E-state index contributed by atoms with van der Waals surface area (Å²) >= 11 is 1.24. The molecule has 0 saturated carbocycles. The van der Waals surface area contributed by atoms with Crippen LogP contribution in [0.4, 0.5) is 13.2 Å². The minimum absolute atomic E-state index is 0.132. The number of aliphatic hydroxyl groups excluding tert-OH is 1. The molecule has 5 N–H and O–H groups in total. The molecule has 28 heavy (non-hydrogen) atoms. The molecular formula is C17H16F3N5O2S. The number of thiazole rings is 1. The van der Waals surface area contributed by atoms with Gasteiger partial charge in [0, 0.05) is 23.8 Å². The van der Waals surface area contributed by atoms with Crippen LogP contribution in [0, 0.1) is 0 Å². The predicted molar refractivity (Wildman–Crippen MR) is 96.3 cm³/mol. The molecule has 148 valence electrons. The van der Waals surface area contributed by atoms with E-state index in [4.69, 9.17) is 10.8 Å². The summed E-state index contributed by atoms with van der Waals surface area (Å²) in [6.45, 7) is -0.0666. The van der Waals surface area contributed by atoms with Gasteiger partial charge in [-0.3, -0.25) is 9.78 Å². The summed E-state index contributed by atoms with van der Waals surface area (Å²) < 4.78 is 37.9. The lowest BCUT2D eigenvalue weighted by Gasteiger charge is -2.14. The Kier molecular flexibility index (Phi) is 5.77. The topological polar surface area (TPSA) is 117 Å². The van der Waals surface area contributed by atoms with Crippen LogP contribution in [0.25, 0.3) is 11.4 Å². The van der Waals surface area contributed by atoms with Gasteiger partial charge in [-0.15, -0.1) is 11.3 Å². The number of carbonyl (C=O) groups excluding carboxylic acids is 1. The zero-order valence-electron chi connectivity index (χ0n) is 14.3. The molecule has 0 aromatic carbocycles. The van der Waals surface area contributed by atoms with Gasteiger partial charge >= 0.3 is 6.18 Å². The van der Waals surface area contributed by atoms with Crippen LogP contribution in [0.15, 0.2) is 36.7 Å². The van der Waals surface area contributed by atoms with Crippen LogP contribution in [0.3, 0.4) is 0 Å². The Morgan fingerprint density at radius 3 is 2.61 bits per heavy atom. The quantitative estimate of drug-likeness (QED) is 0.497. The summed E-state index contributed by atoms with van der Waals surface area (Å²) in [5.41, 5.74) is 5.76. The van der Waals surface area contributed by atoms with E-state index in [9.17, 15) is 18.0 Å². The van der Waals surface area contributed by atoms with E-state index in [0.717, 1.165) is 12.3 Å². The number of pyridine rings is 1. The summed E-state index contributed by atoms with van der Waals surface area (Å²) in [7, 11) is 0. The van der Waals surface area contributed by atoms with E-state index in [1.54, 1.807) is 12.3 Å². The number of halogens is 3. The first-order valence-corrected chi connectivity index (χ1v) is 8.92. The number of carbonyl (C=O) groups is 1. The molecule has 0 unspecified atom stereocenters. The SMILES string of the molecule is NC[C@@H](NC(=O)c1ccc(-c2ccc(C(F)(F)F)cn2)[nH]1)c1cnc(CO)s1. The van der Waals surface area contributed by atoms with E-state index in [1.165, 1.54) is 23.5 Å². The molecular weight excluding hydrogens is 395 g/mol. The molecule has 3 heterocycles. The standard InChI is InChI=1S/C17H16F3N5O2S/c18-17(19,20)9-1-2-10(22-6-9)11-3-4-12(24-11)16(27)25-13(5-21)14-7-23-15(8-26)28-14/h1-4,6-7,13,24,26H,5,8,21H2,(H,25,27)/t13-/m1/s1. The third kappa shape index (κ3) is 4.38. The first-order chi connectivity index (χ1) is 13.3. The number of rotatable bonds is 6. The second kappa shape index (κ2) is 8.09. The second-order valence-corrected chi connectivity index (χ2v) is 6.94. The molecule has 1 atom stereocenters. The Morgan fingerprint density at radius 2 is 2.04 bits per heavy atom. The summed E-state index contributed by atoms with van der Waals surface area (Å²) in [4.78, 5) is 23.8. The van der Waals surface area contributed by atoms with E-state index >= 15 is 0 Å². The summed E-state index contributed by atoms with van der Waals surface area (Å²) in [5.74, 6) is -0.437. The Morgan fingerprint density at radius 1 is 1.25 bits per heavy atom. The summed E-state index contributed by atoms with van der Waals surface area (Å²) in [6.07, 6.45) is -2.18. The molecule has 0 aliphatic rings. The van der Waals surface area contributed by atoms with Gasteiger partial charge in [-0.1, -0.05) is 0 Å². The van der Waals surface area contributed by atoms with Gasteiger partial charge in [-0.2, -0.15) is 13.2 Å². The lowest BCUT2D eigenvalue weighted by Crippen LogP contribution is -2.33. The molecule has 0 fully saturated rings. The highest BCUT2D eigenvalue weighted by molar-refractivity contribution is 7.11. The molecule has 11 heteroatoms. The van der Waals surface area contributed by atoms with Gasteiger partial charge in [-0.05, 0) is 24.3 Å². The highest BCUT2D eigenvalue weighted by Gasteiger charge is 2.30. The first-order valence-electron chi connectivity index (χ1n) is 8.11. The van der Waals surface area contributed by atoms with Gasteiger partial charge in [0.25, 0.3) is 5.91 Å². The number of aliphatic hydroxyl groups is 1. The molecule has 0 aliphatic carbocycles. The Balaban J connectivity index is 1.72. The van der Waals surface area contributed by atoms with Crippen LogP contribution in [0.1, 0.15) is 32.0 Å². The minimum Gasteiger partial charge on any atom is -0.389 e.